The minimum Gasteiger partial charge on any atom is -0.464 e. The molecular weight excluding hydrogens is 364 g/mol. The first-order valence-corrected chi connectivity index (χ1v) is 8.86. The molecule has 0 unspecified atom stereocenters. The van der Waals surface area contributed by atoms with Crippen LogP contribution in [0.4, 0.5) is 5.69 Å². The molecule has 9 nitrogen and oxygen atoms in total. The van der Waals surface area contributed by atoms with Crippen molar-refractivity contribution in [1.82, 2.24) is 15.0 Å². The molecule has 9 heteroatoms. The second kappa shape index (κ2) is 9.12. The number of ether oxygens (including phenoxy) is 2. The Labute approximate surface area is 163 Å². The molecule has 28 heavy (non-hydrogen) atoms. The minimum atomic E-state index is -0.871. The van der Waals surface area contributed by atoms with E-state index in [0.717, 1.165) is 24.5 Å². The SMILES string of the molecule is CC[C@H](C(=O)Nc1ccc(C(C)C)cc1)n1nnc(C(=O)OC)c1C(=O)OC. The number of aromatic nitrogens is 3. The fraction of sp³-hybridized carbons (Fsp3) is 0.421. The Kier molecular flexibility index (Phi) is 6.86. The number of rotatable bonds is 7. The van der Waals surface area contributed by atoms with Crippen LogP contribution in [0.15, 0.2) is 24.3 Å². The lowest BCUT2D eigenvalue weighted by molar-refractivity contribution is -0.119. The molecule has 0 bridgehead atoms. The van der Waals surface area contributed by atoms with Gasteiger partial charge < -0.3 is 14.8 Å². The van der Waals surface area contributed by atoms with Gasteiger partial charge in [-0.15, -0.1) is 5.10 Å². The van der Waals surface area contributed by atoms with Crippen molar-refractivity contribution in [2.45, 2.75) is 39.2 Å². The summed E-state index contributed by atoms with van der Waals surface area (Å²) in [6.07, 6.45) is 0.309. The summed E-state index contributed by atoms with van der Waals surface area (Å²) in [6, 6.07) is 6.62. The number of nitrogens with one attached hydrogen (secondary N) is 1. The van der Waals surface area contributed by atoms with Crippen molar-refractivity contribution < 1.29 is 23.9 Å². The highest BCUT2D eigenvalue weighted by Crippen LogP contribution is 2.21. The molecule has 150 valence electrons. The van der Waals surface area contributed by atoms with Gasteiger partial charge in [0.05, 0.1) is 14.2 Å². The van der Waals surface area contributed by atoms with Crippen LogP contribution < -0.4 is 5.32 Å². The van der Waals surface area contributed by atoms with Crippen molar-refractivity contribution in [2.24, 2.45) is 0 Å². The van der Waals surface area contributed by atoms with E-state index in [4.69, 9.17) is 4.74 Å². The van der Waals surface area contributed by atoms with Crippen LogP contribution in [0.5, 0.6) is 0 Å². The van der Waals surface area contributed by atoms with E-state index in [1.165, 1.54) is 0 Å². The van der Waals surface area contributed by atoms with Crippen molar-refractivity contribution in [1.29, 1.82) is 0 Å². The smallest absolute Gasteiger partial charge is 0.361 e. The Hall–Kier alpha value is -3.23. The summed E-state index contributed by atoms with van der Waals surface area (Å²) in [5.41, 5.74) is 1.23. The summed E-state index contributed by atoms with van der Waals surface area (Å²) in [6.45, 7) is 5.92. The van der Waals surface area contributed by atoms with E-state index in [1.807, 2.05) is 24.3 Å². The van der Waals surface area contributed by atoms with Gasteiger partial charge in [-0.2, -0.15) is 0 Å². The van der Waals surface area contributed by atoms with Gasteiger partial charge in [0.1, 0.15) is 6.04 Å². The average Bonchev–Trinajstić information content (AvgIpc) is 3.12. The van der Waals surface area contributed by atoms with Crippen LogP contribution in [-0.4, -0.2) is 47.1 Å². The highest BCUT2D eigenvalue weighted by atomic mass is 16.5. The summed E-state index contributed by atoms with van der Waals surface area (Å²) in [5.74, 6) is -1.70. The molecule has 0 spiro atoms. The van der Waals surface area contributed by atoms with Crippen LogP contribution in [0, 0.1) is 0 Å². The van der Waals surface area contributed by atoms with E-state index in [-0.39, 0.29) is 11.4 Å². The second-order valence-electron chi connectivity index (χ2n) is 6.40. The molecular formula is C19H24N4O5. The second-order valence-corrected chi connectivity index (χ2v) is 6.40. The van der Waals surface area contributed by atoms with Gasteiger partial charge in [0.15, 0.2) is 5.69 Å². The number of anilines is 1. The monoisotopic (exact) mass is 388 g/mol. The van der Waals surface area contributed by atoms with Crippen molar-refractivity contribution in [3.05, 3.63) is 41.2 Å². The summed E-state index contributed by atoms with van der Waals surface area (Å²) in [5, 5.41) is 10.3. The number of hydrogen-bond donors (Lipinski definition) is 1. The van der Waals surface area contributed by atoms with Gasteiger partial charge in [-0.25, -0.2) is 14.3 Å². The molecule has 1 N–H and O–H groups in total. The molecule has 2 rings (SSSR count). The Morgan fingerprint density at radius 3 is 2.18 bits per heavy atom. The first-order chi connectivity index (χ1) is 13.3. The quantitative estimate of drug-likeness (QED) is 0.725. The van der Waals surface area contributed by atoms with Crippen LogP contribution in [0.1, 0.15) is 65.7 Å². The molecule has 0 aliphatic rings. The maximum Gasteiger partial charge on any atom is 0.361 e. The van der Waals surface area contributed by atoms with Crippen LogP contribution in [0.25, 0.3) is 0 Å². The third-order valence-electron chi connectivity index (χ3n) is 4.28. The van der Waals surface area contributed by atoms with E-state index >= 15 is 0 Å². The number of hydrogen-bond acceptors (Lipinski definition) is 7. The largest absolute Gasteiger partial charge is 0.464 e. The van der Waals surface area contributed by atoms with E-state index in [9.17, 15) is 14.4 Å². The van der Waals surface area contributed by atoms with Crippen LogP contribution in [0.2, 0.25) is 0 Å². The average molecular weight is 388 g/mol. The molecule has 0 saturated heterocycles. The van der Waals surface area contributed by atoms with Gasteiger partial charge in [0.25, 0.3) is 0 Å². The van der Waals surface area contributed by atoms with Crippen LogP contribution >= 0.6 is 0 Å². The van der Waals surface area contributed by atoms with E-state index in [2.05, 4.69) is 34.2 Å². The molecule has 0 radical (unpaired) electrons. The zero-order valence-corrected chi connectivity index (χ0v) is 16.6. The number of amides is 1. The highest BCUT2D eigenvalue weighted by Gasteiger charge is 2.32. The maximum atomic E-state index is 12.8. The third kappa shape index (κ3) is 4.36. The molecule has 1 amide bonds. The topological polar surface area (TPSA) is 112 Å². The van der Waals surface area contributed by atoms with Gasteiger partial charge in [-0.05, 0) is 30.0 Å². The van der Waals surface area contributed by atoms with Crippen LogP contribution in [-0.2, 0) is 14.3 Å². The van der Waals surface area contributed by atoms with E-state index in [0.29, 0.717) is 18.0 Å². The third-order valence-corrected chi connectivity index (χ3v) is 4.28. The first kappa shape index (κ1) is 21.1. The standard InChI is InChI=1S/C19H24N4O5/c1-6-14(17(24)20-13-9-7-12(8-10-13)11(2)3)23-16(19(26)28-5)15(21-22-23)18(25)27-4/h7-11,14H,6H2,1-5H3,(H,20,24)/t14-/m1/s1. The molecule has 1 aromatic heterocycles. The van der Waals surface area contributed by atoms with Gasteiger partial charge in [-0.3, -0.25) is 4.79 Å². The lowest BCUT2D eigenvalue weighted by Crippen LogP contribution is -2.29. The molecule has 0 aliphatic heterocycles. The molecule has 1 heterocycles. The van der Waals surface area contributed by atoms with Crippen molar-refractivity contribution >= 4 is 23.5 Å². The summed E-state index contributed by atoms with van der Waals surface area (Å²) in [7, 11) is 2.32. The van der Waals surface area contributed by atoms with E-state index in [1.54, 1.807) is 6.92 Å². The lowest BCUT2D eigenvalue weighted by Gasteiger charge is -2.17. The molecule has 0 saturated carbocycles. The summed E-state index contributed by atoms with van der Waals surface area (Å²) >= 11 is 0. The molecule has 1 aromatic carbocycles. The maximum absolute atomic E-state index is 12.8. The predicted octanol–water partition coefficient (Wildman–Crippen LogP) is 2.56. The van der Waals surface area contributed by atoms with Crippen molar-refractivity contribution in [3.63, 3.8) is 0 Å². The summed E-state index contributed by atoms with van der Waals surface area (Å²) < 4.78 is 10.4. The Morgan fingerprint density at radius 1 is 1.07 bits per heavy atom. The van der Waals surface area contributed by atoms with Crippen LogP contribution in [0.3, 0.4) is 0 Å². The molecule has 0 fully saturated rings. The number of carbonyl (C=O) groups excluding carboxylic acids is 3. The number of methoxy groups -OCH3 is 2. The van der Waals surface area contributed by atoms with E-state index < -0.39 is 23.9 Å². The predicted molar refractivity (Wildman–Crippen MR) is 101 cm³/mol. The van der Waals surface area contributed by atoms with Crippen molar-refractivity contribution in [3.8, 4) is 0 Å². The fourth-order valence-electron chi connectivity index (χ4n) is 2.68. The Balaban J connectivity index is 2.33. The fourth-order valence-corrected chi connectivity index (χ4v) is 2.68. The normalized spacial score (nSPS) is 11.8. The summed E-state index contributed by atoms with van der Waals surface area (Å²) in [4.78, 5) is 36.9. The minimum absolute atomic E-state index is 0.230. The van der Waals surface area contributed by atoms with Gasteiger partial charge in [-0.1, -0.05) is 38.1 Å². The molecule has 2 aromatic rings. The Morgan fingerprint density at radius 2 is 1.68 bits per heavy atom. The lowest BCUT2D eigenvalue weighted by atomic mass is 10.0. The number of carbonyl (C=O) groups is 3. The number of benzene rings is 1. The van der Waals surface area contributed by atoms with Gasteiger partial charge in [0, 0.05) is 5.69 Å². The van der Waals surface area contributed by atoms with Crippen molar-refractivity contribution in [2.75, 3.05) is 19.5 Å². The number of nitrogens with zero attached hydrogens (tertiary/aromatic N) is 3. The Bertz CT molecular complexity index is 858. The zero-order valence-electron chi connectivity index (χ0n) is 16.6. The number of esters is 2. The molecule has 0 aliphatic carbocycles. The van der Waals surface area contributed by atoms with Gasteiger partial charge >= 0.3 is 11.9 Å². The first-order valence-electron chi connectivity index (χ1n) is 8.86. The van der Waals surface area contributed by atoms with Gasteiger partial charge in [0.2, 0.25) is 11.6 Å². The molecule has 1 atom stereocenters. The highest BCUT2D eigenvalue weighted by molar-refractivity contribution is 6.01. The zero-order chi connectivity index (χ0) is 20.8.